The Morgan fingerprint density at radius 2 is 1.36 bits per heavy atom. The van der Waals surface area contributed by atoms with Crippen LogP contribution >= 0.6 is 0 Å². The summed E-state index contributed by atoms with van der Waals surface area (Å²) < 4.78 is 10.1. The summed E-state index contributed by atoms with van der Waals surface area (Å²) in [4.78, 5) is 30.3. The highest BCUT2D eigenvalue weighted by Gasteiger charge is 2.05. The number of benzene rings is 3. The topological polar surface area (TPSA) is 135 Å². The van der Waals surface area contributed by atoms with E-state index in [1.54, 1.807) is 61.7 Å². The first-order chi connectivity index (χ1) is 18.9. The fraction of sp³-hybridized carbons (Fsp3) is 0.133. The number of rotatable bonds is 10. The van der Waals surface area contributed by atoms with Crippen molar-refractivity contribution in [1.82, 2.24) is 5.43 Å². The summed E-state index contributed by atoms with van der Waals surface area (Å²) in [6.07, 6.45) is 7.53. The van der Waals surface area contributed by atoms with Crippen molar-refractivity contribution in [3.05, 3.63) is 95.6 Å². The number of ketones is 1. The maximum Gasteiger partial charge on any atom is 0.161 e. The molecule has 0 unspecified atom stereocenters. The van der Waals surface area contributed by atoms with Gasteiger partial charge in [-0.3, -0.25) is 9.59 Å². The SMILES string of the molecule is C=O.CN/N=C(\C=C\c1ccc(O)c(OC)c1)CC(=O)/C=C/c1ccc(O)c(OC)c1.O=Cc1ccccc1. The number of nitrogens with zero attached hydrogens (tertiary/aromatic N) is 1. The predicted molar refractivity (Wildman–Crippen MR) is 152 cm³/mol. The number of methoxy groups -OCH3 is 2. The number of hydrogen-bond donors (Lipinski definition) is 3. The van der Waals surface area contributed by atoms with Gasteiger partial charge in [0, 0.05) is 12.6 Å². The Kier molecular flexibility index (Phi) is 14.8. The fourth-order valence-electron chi connectivity index (χ4n) is 3.03. The van der Waals surface area contributed by atoms with Crippen molar-refractivity contribution in [2.45, 2.75) is 6.42 Å². The molecule has 39 heavy (non-hydrogen) atoms. The van der Waals surface area contributed by atoms with Crippen LogP contribution < -0.4 is 14.9 Å². The van der Waals surface area contributed by atoms with Crippen LogP contribution in [0.2, 0.25) is 0 Å². The van der Waals surface area contributed by atoms with Crippen LogP contribution in [-0.2, 0) is 9.59 Å². The van der Waals surface area contributed by atoms with Gasteiger partial charge in [0.1, 0.15) is 13.1 Å². The van der Waals surface area contributed by atoms with Crippen LogP contribution in [0.1, 0.15) is 27.9 Å². The molecule has 0 bridgehead atoms. The van der Waals surface area contributed by atoms with E-state index in [0.29, 0.717) is 17.2 Å². The highest BCUT2D eigenvalue weighted by atomic mass is 16.5. The molecule has 0 fully saturated rings. The zero-order valence-electron chi connectivity index (χ0n) is 22.0. The molecule has 0 heterocycles. The third-order valence-corrected chi connectivity index (χ3v) is 4.88. The van der Waals surface area contributed by atoms with Gasteiger partial charge in [0.25, 0.3) is 0 Å². The molecule has 0 radical (unpaired) electrons. The molecule has 204 valence electrons. The van der Waals surface area contributed by atoms with Gasteiger partial charge >= 0.3 is 0 Å². The molecule has 0 spiro atoms. The van der Waals surface area contributed by atoms with Crippen molar-refractivity contribution in [2.24, 2.45) is 5.10 Å². The second-order valence-corrected chi connectivity index (χ2v) is 7.53. The molecule has 0 aromatic heterocycles. The van der Waals surface area contributed by atoms with Crippen molar-refractivity contribution in [1.29, 1.82) is 0 Å². The van der Waals surface area contributed by atoms with Crippen LogP contribution in [0.25, 0.3) is 12.2 Å². The zero-order valence-corrected chi connectivity index (χ0v) is 22.0. The van der Waals surface area contributed by atoms with Gasteiger partial charge in [-0.25, -0.2) is 0 Å². The van der Waals surface area contributed by atoms with Gasteiger partial charge in [-0.05, 0) is 47.5 Å². The molecule has 0 atom stereocenters. The predicted octanol–water partition coefficient (Wildman–Crippen LogP) is 4.69. The highest BCUT2D eigenvalue weighted by Crippen LogP contribution is 2.27. The van der Waals surface area contributed by atoms with Gasteiger partial charge in [0.2, 0.25) is 0 Å². The molecule has 9 heteroatoms. The Hall–Kier alpha value is -5.18. The fourth-order valence-corrected chi connectivity index (χ4v) is 3.03. The lowest BCUT2D eigenvalue weighted by molar-refractivity contribution is -0.113. The van der Waals surface area contributed by atoms with Crippen molar-refractivity contribution >= 4 is 36.7 Å². The average Bonchev–Trinajstić information content (AvgIpc) is 2.98. The number of phenols is 2. The van der Waals surface area contributed by atoms with Crippen LogP contribution in [0.5, 0.6) is 23.0 Å². The molecule has 0 saturated carbocycles. The highest BCUT2D eigenvalue weighted by molar-refractivity contribution is 6.13. The first kappa shape index (κ1) is 31.8. The van der Waals surface area contributed by atoms with E-state index >= 15 is 0 Å². The molecule has 3 N–H and O–H groups in total. The van der Waals surface area contributed by atoms with Gasteiger partial charge in [0.15, 0.2) is 28.8 Å². The molecule has 3 aromatic rings. The minimum absolute atomic E-state index is 0.0374. The second kappa shape index (κ2) is 18.1. The minimum atomic E-state index is -0.140. The van der Waals surface area contributed by atoms with Crippen LogP contribution in [0.3, 0.4) is 0 Å². The first-order valence-electron chi connectivity index (χ1n) is 11.6. The zero-order chi connectivity index (χ0) is 29.0. The number of allylic oxidation sites excluding steroid dienone is 2. The maximum absolute atomic E-state index is 12.3. The first-order valence-corrected chi connectivity index (χ1v) is 11.6. The van der Waals surface area contributed by atoms with Crippen LogP contribution in [-0.4, -0.2) is 56.1 Å². The van der Waals surface area contributed by atoms with Crippen molar-refractivity contribution in [2.75, 3.05) is 21.3 Å². The lowest BCUT2D eigenvalue weighted by Gasteiger charge is -2.04. The van der Waals surface area contributed by atoms with Crippen molar-refractivity contribution in [3.63, 3.8) is 0 Å². The molecule has 3 rings (SSSR count). The van der Waals surface area contributed by atoms with Gasteiger partial charge in [-0.2, -0.15) is 5.10 Å². The van der Waals surface area contributed by atoms with E-state index in [4.69, 9.17) is 14.3 Å². The number of aromatic hydroxyl groups is 2. The Labute approximate surface area is 227 Å². The number of nitrogens with one attached hydrogen (secondary N) is 1. The maximum atomic E-state index is 12.3. The summed E-state index contributed by atoms with van der Waals surface area (Å²) in [5, 5.41) is 23.4. The summed E-state index contributed by atoms with van der Waals surface area (Å²) in [5.41, 5.74) is 5.48. The number of phenolic OH excluding ortho intramolecular Hbond substituents is 2. The summed E-state index contributed by atoms with van der Waals surface area (Å²) in [6, 6.07) is 18.9. The Morgan fingerprint density at radius 1 is 0.846 bits per heavy atom. The van der Waals surface area contributed by atoms with Crippen LogP contribution in [0, 0.1) is 0 Å². The minimum Gasteiger partial charge on any atom is -0.504 e. The third kappa shape index (κ3) is 11.6. The molecule has 0 amide bonds. The van der Waals surface area contributed by atoms with Crippen LogP contribution in [0.15, 0.2) is 84.0 Å². The molecule has 3 aromatic carbocycles. The van der Waals surface area contributed by atoms with Crippen molar-refractivity contribution < 1.29 is 34.1 Å². The van der Waals surface area contributed by atoms with E-state index < -0.39 is 0 Å². The molecule has 0 aliphatic rings. The molecule has 0 aliphatic carbocycles. The van der Waals surface area contributed by atoms with E-state index in [0.717, 1.165) is 23.0 Å². The number of carbonyl (C=O) groups excluding carboxylic acids is 3. The van der Waals surface area contributed by atoms with E-state index in [2.05, 4.69) is 10.5 Å². The molecule has 9 nitrogen and oxygen atoms in total. The number of ether oxygens (including phenoxy) is 2. The summed E-state index contributed by atoms with van der Waals surface area (Å²) >= 11 is 0. The second-order valence-electron chi connectivity index (χ2n) is 7.53. The van der Waals surface area contributed by atoms with E-state index in [1.807, 2.05) is 25.0 Å². The molecule has 0 saturated heterocycles. The smallest absolute Gasteiger partial charge is 0.161 e. The summed E-state index contributed by atoms with van der Waals surface area (Å²) in [7, 11) is 4.59. The number of hydrogen-bond acceptors (Lipinski definition) is 9. The number of hydrazone groups is 1. The Balaban J connectivity index is 0.000000641. The largest absolute Gasteiger partial charge is 0.504 e. The van der Waals surface area contributed by atoms with Gasteiger partial charge in [-0.15, -0.1) is 0 Å². The molecule has 0 aliphatic heterocycles. The van der Waals surface area contributed by atoms with Gasteiger partial charge in [0.05, 0.1) is 26.4 Å². The lowest BCUT2D eigenvalue weighted by Crippen LogP contribution is -2.08. The van der Waals surface area contributed by atoms with Gasteiger partial charge in [-0.1, -0.05) is 54.6 Å². The van der Waals surface area contributed by atoms with E-state index in [9.17, 15) is 19.8 Å². The lowest BCUT2D eigenvalue weighted by atomic mass is 10.1. The summed E-state index contributed by atoms with van der Waals surface area (Å²) in [5.74, 6) is 0.654. The third-order valence-electron chi connectivity index (χ3n) is 4.88. The number of aldehydes is 1. The van der Waals surface area contributed by atoms with Crippen molar-refractivity contribution in [3.8, 4) is 23.0 Å². The van der Waals surface area contributed by atoms with Gasteiger partial charge < -0.3 is 29.9 Å². The standard InChI is InChI=1S/C22H24N2O5.C7H6O.CH2O/c1-23-24-17(8-4-15-6-10-19(26)21(12-15)28-2)14-18(25)9-5-16-7-11-20(27)22(13-16)29-3;8-6-7-4-2-1-3-5-7;1-2/h4-13,23,26-27H,14H2,1-3H3;1-6H;1H2/b8-4+,9-5+,24-17+;;. The van der Waals surface area contributed by atoms with E-state index in [1.165, 1.54) is 32.4 Å². The Bertz CT molecular complexity index is 1290. The summed E-state index contributed by atoms with van der Waals surface area (Å²) in [6.45, 7) is 2.00. The number of carbonyl (C=O) groups is 3. The normalized spacial score (nSPS) is 10.6. The average molecular weight is 533 g/mol. The molecular formula is C30H32N2O7. The van der Waals surface area contributed by atoms with Crippen LogP contribution in [0.4, 0.5) is 0 Å². The molecular weight excluding hydrogens is 500 g/mol. The Morgan fingerprint density at radius 3 is 1.79 bits per heavy atom. The van der Waals surface area contributed by atoms with E-state index in [-0.39, 0.29) is 23.7 Å². The quantitative estimate of drug-likeness (QED) is 0.148. The monoisotopic (exact) mass is 532 g/mol.